The van der Waals surface area contributed by atoms with Gasteiger partial charge in [0, 0.05) is 0 Å². The van der Waals surface area contributed by atoms with Crippen LogP contribution in [0.5, 0.6) is 11.5 Å². The van der Waals surface area contributed by atoms with E-state index >= 15 is 0 Å². The SMILES string of the molecule is COc1cccc(NNC(=O)C(=O)NNc2cccc(OC)c2Cl)c1Cl. The van der Waals surface area contributed by atoms with Crippen molar-refractivity contribution >= 4 is 46.4 Å². The smallest absolute Gasteiger partial charge is 0.329 e. The minimum absolute atomic E-state index is 0.261. The summed E-state index contributed by atoms with van der Waals surface area (Å²) in [5.41, 5.74) is 10.3. The number of anilines is 2. The Labute approximate surface area is 159 Å². The van der Waals surface area contributed by atoms with Crippen molar-refractivity contribution in [3.05, 3.63) is 46.4 Å². The Morgan fingerprint density at radius 2 is 1.15 bits per heavy atom. The molecule has 8 nitrogen and oxygen atoms in total. The molecule has 0 fully saturated rings. The second-order valence-electron chi connectivity index (χ2n) is 4.80. The van der Waals surface area contributed by atoms with Gasteiger partial charge in [0.15, 0.2) is 0 Å². The molecule has 0 atom stereocenters. The monoisotopic (exact) mass is 398 g/mol. The third-order valence-corrected chi connectivity index (χ3v) is 3.97. The number of amides is 2. The van der Waals surface area contributed by atoms with Gasteiger partial charge in [0.2, 0.25) is 0 Å². The lowest BCUT2D eigenvalue weighted by Gasteiger charge is -2.13. The van der Waals surface area contributed by atoms with E-state index in [1.165, 1.54) is 14.2 Å². The van der Waals surface area contributed by atoms with Crippen molar-refractivity contribution in [3.8, 4) is 11.5 Å². The molecule has 0 unspecified atom stereocenters. The van der Waals surface area contributed by atoms with Crippen LogP contribution < -0.4 is 31.2 Å². The van der Waals surface area contributed by atoms with E-state index in [1.807, 2.05) is 0 Å². The Balaban J connectivity index is 1.91. The second-order valence-corrected chi connectivity index (χ2v) is 5.56. The number of hydrogen-bond acceptors (Lipinski definition) is 6. The van der Waals surface area contributed by atoms with Crippen LogP contribution in [-0.4, -0.2) is 26.0 Å². The van der Waals surface area contributed by atoms with Crippen LogP contribution in [0.15, 0.2) is 36.4 Å². The van der Waals surface area contributed by atoms with Gasteiger partial charge in [-0.05, 0) is 24.3 Å². The molecule has 0 aliphatic rings. The summed E-state index contributed by atoms with van der Waals surface area (Å²) < 4.78 is 10.1. The van der Waals surface area contributed by atoms with Gasteiger partial charge in [-0.15, -0.1) is 0 Å². The molecule has 0 heterocycles. The Bertz CT molecular complexity index is 749. The lowest BCUT2D eigenvalue weighted by Crippen LogP contribution is -2.44. The number of halogens is 2. The lowest BCUT2D eigenvalue weighted by atomic mass is 10.3. The molecule has 0 radical (unpaired) electrons. The number of carbonyl (C=O) groups excluding carboxylic acids is 2. The summed E-state index contributed by atoms with van der Waals surface area (Å²) in [6.07, 6.45) is 0. The fourth-order valence-corrected chi connectivity index (χ4v) is 2.39. The zero-order valence-corrected chi connectivity index (χ0v) is 15.4. The summed E-state index contributed by atoms with van der Waals surface area (Å²) in [5, 5.41) is 0.522. The van der Waals surface area contributed by atoms with Crippen molar-refractivity contribution in [1.82, 2.24) is 10.9 Å². The maximum Gasteiger partial charge on any atom is 0.329 e. The number of hydrogen-bond donors (Lipinski definition) is 4. The summed E-state index contributed by atoms with van der Waals surface area (Å²) in [5.74, 6) is -1.06. The number of carbonyl (C=O) groups is 2. The van der Waals surface area contributed by atoms with E-state index < -0.39 is 11.8 Å². The quantitative estimate of drug-likeness (QED) is 0.440. The summed E-state index contributed by atoms with van der Waals surface area (Å²) in [6, 6.07) is 9.87. The topological polar surface area (TPSA) is 101 Å². The first-order valence-corrected chi connectivity index (χ1v) is 8.00. The fraction of sp³-hybridized carbons (Fsp3) is 0.125. The van der Waals surface area contributed by atoms with E-state index in [9.17, 15) is 9.59 Å². The molecule has 0 saturated carbocycles. The van der Waals surface area contributed by atoms with Gasteiger partial charge in [0.1, 0.15) is 21.5 Å². The highest BCUT2D eigenvalue weighted by Gasteiger charge is 2.15. The zero-order chi connectivity index (χ0) is 19.1. The third-order valence-electron chi connectivity index (χ3n) is 3.19. The van der Waals surface area contributed by atoms with Gasteiger partial charge in [-0.25, -0.2) is 0 Å². The normalized spacial score (nSPS) is 9.85. The molecule has 26 heavy (non-hydrogen) atoms. The molecule has 0 aliphatic carbocycles. The number of rotatable bonds is 6. The minimum atomic E-state index is -0.949. The first kappa shape index (κ1) is 19.5. The van der Waals surface area contributed by atoms with Crippen molar-refractivity contribution in [3.63, 3.8) is 0 Å². The van der Waals surface area contributed by atoms with Gasteiger partial charge in [-0.2, -0.15) is 0 Å². The highest BCUT2D eigenvalue weighted by molar-refractivity contribution is 6.37. The van der Waals surface area contributed by atoms with Crippen LogP contribution in [0, 0.1) is 0 Å². The molecule has 2 amide bonds. The van der Waals surface area contributed by atoms with Crippen LogP contribution >= 0.6 is 23.2 Å². The Hall–Kier alpha value is -2.84. The van der Waals surface area contributed by atoms with Gasteiger partial charge in [0.25, 0.3) is 0 Å². The number of nitrogens with one attached hydrogen (secondary N) is 4. The van der Waals surface area contributed by atoms with Crippen LogP contribution in [0.25, 0.3) is 0 Å². The van der Waals surface area contributed by atoms with E-state index in [1.54, 1.807) is 36.4 Å². The maximum absolute atomic E-state index is 11.9. The molecule has 2 rings (SSSR count). The molecule has 0 saturated heterocycles. The molecule has 0 aromatic heterocycles. The molecule has 10 heteroatoms. The van der Waals surface area contributed by atoms with Crippen LogP contribution in [0.3, 0.4) is 0 Å². The molecule has 0 spiro atoms. The summed E-state index contributed by atoms with van der Waals surface area (Å²) in [4.78, 5) is 23.7. The van der Waals surface area contributed by atoms with E-state index in [4.69, 9.17) is 32.7 Å². The molecular formula is C16H16Cl2N4O4. The van der Waals surface area contributed by atoms with Crippen molar-refractivity contribution in [2.75, 3.05) is 25.1 Å². The predicted molar refractivity (Wildman–Crippen MR) is 99.5 cm³/mol. The zero-order valence-electron chi connectivity index (χ0n) is 13.9. The molecule has 2 aromatic carbocycles. The Morgan fingerprint density at radius 3 is 1.50 bits per heavy atom. The molecule has 2 aromatic rings. The van der Waals surface area contributed by atoms with E-state index in [0.29, 0.717) is 22.9 Å². The van der Waals surface area contributed by atoms with E-state index in [-0.39, 0.29) is 10.0 Å². The van der Waals surface area contributed by atoms with E-state index in [2.05, 4.69) is 21.7 Å². The fourth-order valence-electron chi connectivity index (χ4n) is 1.89. The van der Waals surface area contributed by atoms with Crippen molar-refractivity contribution in [2.24, 2.45) is 0 Å². The van der Waals surface area contributed by atoms with Crippen LogP contribution in [0.2, 0.25) is 10.0 Å². The molecule has 4 N–H and O–H groups in total. The summed E-state index contributed by atoms with van der Waals surface area (Å²) in [7, 11) is 2.93. The van der Waals surface area contributed by atoms with Crippen molar-refractivity contribution in [1.29, 1.82) is 0 Å². The Kier molecular flexibility index (Phi) is 6.76. The first-order valence-electron chi connectivity index (χ1n) is 7.25. The lowest BCUT2D eigenvalue weighted by molar-refractivity contribution is -0.138. The second kappa shape index (κ2) is 9.02. The molecular weight excluding hydrogens is 383 g/mol. The number of ether oxygens (including phenoxy) is 2. The third kappa shape index (κ3) is 4.62. The van der Waals surface area contributed by atoms with Crippen LogP contribution in [0.1, 0.15) is 0 Å². The number of methoxy groups -OCH3 is 2. The van der Waals surface area contributed by atoms with E-state index in [0.717, 1.165) is 0 Å². The number of hydrazine groups is 2. The van der Waals surface area contributed by atoms with Crippen LogP contribution in [-0.2, 0) is 9.59 Å². The van der Waals surface area contributed by atoms with Crippen molar-refractivity contribution < 1.29 is 19.1 Å². The van der Waals surface area contributed by atoms with Crippen LogP contribution in [0.4, 0.5) is 11.4 Å². The van der Waals surface area contributed by atoms with Gasteiger partial charge >= 0.3 is 11.8 Å². The van der Waals surface area contributed by atoms with Gasteiger partial charge < -0.3 is 9.47 Å². The summed E-state index contributed by atoms with van der Waals surface area (Å²) >= 11 is 12.2. The highest BCUT2D eigenvalue weighted by atomic mass is 35.5. The van der Waals surface area contributed by atoms with Crippen molar-refractivity contribution in [2.45, 2.75) is 0 Å². The maximum atomic E-state index is 11.9. The predicted octanol–water partition coefficient (Wildman–Crippen LogP) is 2.60. The number of benzene rings is 2. The van der Waals surface area contributed by atoms with Gasteiger partial charge in [-0.1, -0.05) is 35.3 Å². The standard InChI is InChI=1S/C16H16Cl2N4O4/c1-25-11-7-3-5-9(13(11)17)19-21-15(23)16(24)22-20-10-6-4-8-12(26-2)14(10)18/h3-8,19-20H,1-2H3,(H,21,23)(H,22,24). The first-order chi connectivity index (χ1) is 12.5. The average molecular weight is 399 g/mol. The molecule has 0 aliphatic heterocycles. The van der Waals surface area contributed by atoms with Gasteiger partial charge in [0.05, 0.1) is 25.6 Å². The Morgan fingerprint density at radius 1 is 0.769 bits per heavy atom. The minimum Gasteiger partial charge on any atom is -0.495 e. The highest BCUT2D eigenvalue weighted by Crippen LogP contribution is 2.31. The molecule has 0 bridgehead atoms. The average Bonchev–Trinajstić information content (AvgIpc) is 2.65. The largest absolute Gasteiger partial charge is 0.495 e. The molecule has 138 valence electrons. The van der Waals surface area contributed by atoms with Gasteiger partial charge in [-0.3, -0.25) is 31.3 Å². The summed E-state index contributed by atoms with van der Waals surface area (Å²) in [6.45, 7) is 0.